The maximum atomic E-state index is 4.50. The zero-order valence-electron chi connectivity index (χ0n) is 8.69. The molecule has 0 atom stereocenters. The number of hydrogen-bond acceptors (Lipinski definition) is 2. The third-order valence-corrected chi connectivity index (χ3v) is 3.17. The molecule has 2 aromatic heterocycles. The fraction of sp³-hybridized carbons (Fsp3) is 0.364. The van der Waals surface area contributed by atoms with Crippen molar-refractivity contribution >= 4 is 11.3 Å². The van der Waals surface area contributed by atoms with Crippen molar-refractivity contribution in [1.82, 2.24) is 9.78 Å². The maximum Gasteiger partial charge on any atom is 0.103 e. The maximum absolute atomic E-state index is 4.50. The standard InChI is InChI=1S/C11H14N2S/c1-8(2)10-7-9(12-13(10)3)11-5-4-6-14-11/h4-8H,1-3H3. The molecule has 0 aliphatic rings. The molecule has 0 amide bonds. The molecule has 0 fully saturated rings. The van der Waals surface area contributed by atoms with E-state index in [1.54, 1.807) is 11.3 Å². The predicted octanol–water partition coefficient (Wildman–Crippen LogP) is 3.27. The zero-order valence-corrected chi connectivity index (χ0v) is 9.51. The van der Waals surface area contributed by atoms with E-state index in [9.17, 15) is 0 Å². The molecule has 0 bridgehead atoms. The first-order valence-electron chi connectivity index (χ1n) is 4.76. The highest BCUT2D eigenvalue weighted by Crippen LogP contribution is 2.26. The molecule has 0 aliphatic carbocycles. The monoisotopic (exact) mass is 206 g/mol. The van der Waals surface area contributed by atoms with Crippen LogP contribution in [0.1, 0.15) is 25.5 Å². The largest absolute Gasteiger partial charge is 0.272 e. The van der Waals surface area contributed by atoms with Crippen molar-refractivity contribution in [2.24, 2.45) is 7.05 Å². The molecule has 0 N–H and O–H groups in total. The highest BCUT2D eigenvalue weighted by Gasteiger charge is 2.09. The van der Waals surface area contributed by atoms with E-state index in [2.05, 4.69) is 42.5 Å². The van der Waals surface area contributed by atoms with Crippen LogP contribution in [-0.4, -0.2) is 9.78 Å². The van der Waals surface area contributed by atoms with Gasteiger partial charge < -0.3 is 0 Å². The van der Waals surface area contributed by atoms with Crippen molar-refractivity contribution in [3.63, 3.8) is 0 Å². The molecule has 0 radical (unpaired) electrons. The Balaban J connectivity index is 2.43. The first-order chi connectivity index (χ1) is 6.68. The quantitative estimate of drug-likeness (QED) is 0.737. The van der Waals surface area contributed by atoms with Gasteiger partial charge in [0.15, 0.2) is 0 Å². The topological polar surface area (TPSA) is 17.8 Å². The third-order valence-electron chi connectivity index (χ3n) is 2.28. The average Bonchev–Trinajstić information content (AvgIpc) is 2.70. The highest BCUT2D eigenvalue weighted by molar-refractivity contribution is 7.13. The molecule has 2 rings (SSSR count). The lowest BCUT2D eigenvalue weighted by atomic mass is 10.1. The van der Waals surface area contributed by atoms with Gasteiger partial charge in [0, 0.05) is 12.7 Å². The molecular formula is C11H14N2S. The van der Waals surface area contributed by atoms with Gasteiger partial charge >= 0.3 is 0 Å². The number of hydrogen-bond donors (Lipinski definition) is 0. The number of rotatable bonds is 2. The van der Waals surface area contributed by atoms with Gasteiger partial charge in [-0.1, -0.05) is 19.9 Å². The van der Waals surface area contributed by atoms with Crippen molar-refractivity contribution in [3.05, 3.63) is 29.3 Å². The van der Waals surface area contributed by atoms with Gasteiger partial charge in [-0.2, -0.15) is 5.10 Å². The molecule has 74 valence electrons. The van der Waals surface area contributed by atoms with Crippen molar-refractivity contribution in [3.8, 4) is 10.6 Å². The van der Waals surface area contributed by atoms with E-state index < -0.39 is 0 Å². The van der Waals surface area contributed by atoms with E-state index in [1.165, 1.54) is 10.6 Å². The van der Waals surface area contributed by atoms with Crippen LogP contribution in [0, 0.1) is 0 Å². The third kappa shape index (κ3) is 1.60. The molecule has 3 heteroatoms. The Morgan fingerprint density at radius 3 is 2.71 bits per heavy atom. The number of thiophene rings is 1. The molecular weight excluding hydrogens is 192 g/mol. The normalized spacial score (nSPS) is 11.1. The van der Waals surface area contributed by atoms with Gasteiger partial charge in [-0.25, -0.2) is 0 Å². The summed E-state index contributed by atoms with van der Waals surface area (Å²) in [5, 5.41) is 6.58. The van der Waals surface area contributed by atoms with Crippen LogP contribution >= 0.6 is 11.3 Å². The van der Waals surface area contributed by atoms with Gasteiger partial charge in [0.2, 0.25) is 0 Å². The summed E-state index contributed by atoms with van der Waals surface area (Å²) in [6.45, 7) is 4.38. The summed E-state index contributed by atoms with van der Waals surface area (Å²) in [6.07, 6.45) is 0. The lowest BCUT2D eigenvalue weighted by Crippen LogP contribution is -1.99. The van der Waals surface area contributed by atoms with E-state index >= 15 is 0 Å². The molecule has 2 heterocycles. The predicted molar refractivity (Wildman–Crippen MR) is 60.6 cm³/mol. The number of aryl methyl sites for hydroxylation is 1. The zero-order chi connectivity index (χ0) is 10.1. The summed E-state index contributed by atoms with van der Waals surface area (Å²) in [5.74, 6) is 0.529. The molecule has 0 aliphatic heterocycles. The van der Waals surface area contributed by atoms with E-state index in [0.717, 1.165) is 5.69 Å². The number of nitrogens with zero attached hydrogens (tertiary/aromatic N) is 2. The first-order valence-corrected chi connectivity index (χ1v) is 5.64. The van der Waals surface area contributed by atoms with Crippen LogP contribution in [0.15, 0.2) is 23.6 Å². The molecule has 0 saturated carbocycles. The molecule has 2 aromatic rings. The van der Waals surface area contributed by atoms with Crippen LogP contribution in [0.2, 0.25) is 0 Å². The molecule has 14 heavy (non-hydrogen) atoms. The van der Waals surface area contributed by atoms with E-state index in [-0.39, 0.29) is 0 Å². The molecule has 0 aromatic carbocycles. The summed E-state index contributed by atoms with van der Waals surface area (Å²) < 4.78 is 1.97. The van der Waals surface area contributed by atoms with Crippen molar-refractivity contribution in [2.45, 2.75) is 19.8 Å². The van der Waals surface area contributed by atoms with Crippen LogP contribution < -0.4 is 0 Å². The smallest absolute Gasteiger partial charge is 0.103 e. The minimum absolute atomic E-state index is 0.529. The minimum Gasteiger partial charge on any atom is -0.272 e. The Labute approximate surface area is 88.2 Å². The second-order valence-corrected chi connectivity index (χ2v) is 4.66. The number of aromatic nitrogens is 2. The SMILES string of the molecule is CC(C)c1cc(-c2cccs2)nn1C. The van der Waals surface area contributed by atoms with Crippen LogP contribution in [0.5, 0.6) is 0 Å². The fourth-order valence-corrected chi connectivity index (χ4v) is 2.25. The van der Waals surface area contributed by atoms with E-state index in [0.29, 0.717) is 5.92 Å². The van der Waals surface area contributed by atoms with Gasteiger partial charge in [0.05, 0.1) is 4.88 Å². The average molecular weight is 206 g/mol. The van der Waals surface area contributed by atoms with Gasteiger partial charge in [0.25, 0.3) is 0 Å². The van der Waals surface area contributed by atoms with E-state index in [4.69, 9.17) is 0 Å². The van der Waals surface area contributed by atoms with Crippen LogP contribution in [-0.2, 0) is 7.05 Å². The summed E-state index contributed by atoms with van der Waals surface area (Å²) in [6, 6.07) is 6.34. The Kier molecular flexibility index (Phi) is 2.42. The second kappa shape index (κ2) is 3.58. The van der Waals surface area contributed by atoms with Crippen molar-refractivity contribution in [2.75, 3.05) is 0 Å². The van der Waals surface area contributed by atoms with Gasteiger partial charge in [0.1, 0.15) is 5.69 Å². The summed E-state index contributed by atoms with van der Waals surface area (Å²) in [7, 11) is 2.01. The van der Waals surface area contributed by atoms with Crippen LogP contribution in [0.4, 0.5) is 0 Å². The summed E-state index contributed by atoms with van der Waals surface area (Å²) in [5.41, 5.74) is 2.37. The van der Waals surface area contributed by atoms with Crippen LogP contribution in [0.3, 0.4) is 0 Å². The molecule has 0 spiro atoms. The van der Waals surface area contributed by atoms with Crippen molar-refractivity contribution < 1.29 is 0 Å². The lowest BCUT2D eigenvalue weighted by Gasteiger charge is -2.02. The lowest BCUT2D eigenvalue weighted by molar-refractivity contribution is 0.671. The molecule has 0 saturated heterocycles. The van der Waals surface area contributed by atoms with Crippen molar-refractivity contribution in [1.29, 1.82) is 0 Å². The van der Waals surface area contributed by atoms with Crippen LogP contribution in [0.25, 0.3) is 10.6 Å². The van der Waals surface area contributed by atoms with Gasteiger partial charge in [-0.3, -0.25) is 4.68 Å². The Morgan fingerprint density at radius 1 is 1.43 bits per heavy atom. The summed E-state index contributed by atoms with van der Waals surface area (Å²) in [4.78, 5) is 1.24. The van der Waals surface area contributed by atoms with E-state index in [1.807, 2.05) is 11.7 Å². The van der Waals surface area contributed by atoms with Gasteiger partial charge in [-0.05, 0) is 23.4 Å². The molecule has 2 nitrogen and oxygen atoms in total. The highest BCUT2D eigenvalue weighted by atomic mass is 32.1. The Hall–Kier alpha value is -1.09. The second-order valence-electron chi connectivity index (χ2n) is 3.71. The minimum atomic E-state index is 0.529. The first kappa shape index (κ1) is 9.46. The Morgan fingerprint density at radius 2 is 2.21 bits per heavy atom. The molecule has 0 unspecified atom stereocenters. The summed E-state index contributed by atoms with van der Waals surface area (Å²) >= 11 is 1.73. The fourth-order valence-electron chi connectivity index (χ4n) is 1.57. The Bertz CT molecular complexity index is 412. The van der Waals surface area contributed by atoms with Gasteiger partial charge in [-0.15, -0.1) is 11.3 Å².